The van der Waals surface area contributed by atoms with Gasteiger partial charge in [-0.05, 0) is 6.92 Å². The van der Waals surface area contributed by atoms with Crippen molar-refractivity contribution >= 4 is 0 Å². The monoisotopic (exact) mass is 266 g/mol. The SMILES string of the molecule is C=CC.C=CCOCCOCCO.OCCOO. The first-order valence-electron chi connectivity index (χ1n) is 5.56. The van der Waals surface area contributed by atoms with Crippen molar-refractivity contribution < 1.29 is 29.8 Å². The Morgan fingerprint density at radius 3 is 1.78 bits per heavy atom. The van der Waals surface area contributed by atoms with Gasteiger partial charge in [0.05, 0.1) is 39.6 Å². The fourth-order valence-electron chi connectivity index (χ4n) is 0.492. The molecule has 0 saturated carbocycles. The van der Waals surface area contributed by atoms with E-state index >= 15 is 0 Å². The smallest absolute Gasteiger partial charge is 0.105 e. The van der Waals surface area contributed by atoms with Gasteiger partial charge in [0.15, 0.2) is 0 Å². The van der Waals surface area contributed by atoms with Crippen LogP contribution in [0.3, 0.4) is 0 Å². The summed E-state index contributed by atoms with van der Waals surface area (Å²) in [6, 6.07) is 0. The van der Waals surface area contributed by atoms with Crippen LogP contribution in [0.1, 0.15) is 6.92 Å². The molecule has 0 fully saturated rings. The van der Waals surface area contributed by atoms with Crippen LogP contribution in [0.2, 0.25) is 0 Å². The number of ether oxygens (including phenoxy) is 2. The van der Waals surface area contributed by atoms with Gasteiger partial charge in [0.1, 0.15) is 6.61 Å². The number of hydrogen-bond acceptors (Lipinski definition) is 6. The fraction of sp³-hybridized carbons (Fsp3) is 0.667. The van der Waals surface area contributed by atoms with E-state index in [0.29, 0.717) is 26.4 Å². The highest BCUT2D eigenvalue weighted by atomic mass is 17.1. The molecule has 0 heterocycles. The molecule has 0 radical (unpaired) electrons. The lowest BCUT2D eigenvalue weighted by Gasteiger charge is -2.00. The van der Waals surface area contributed by atoms with Crippen molar-refractivity contribution in [3.8, 4) is 0 Å². The van der Waals surface area contributed by atoms with Crippen molar-refractivity contribution in [2.24, 2.45) is 0 Å². The molecule has 0 aliphatic rings. The van der Waals surface area contributed by atoms with Gasteiger partial charge in [0.2, 0.25) is 0 Å². The average molecular weight is 266 g/mol. The Balaban J connectivity index is -0.000000235. The summed E-state index contributed by atoms with van der Waals surface area (Å²) in [6.07, 6.45) is 3.44. The van der Waals surface area contributed by atoms with Crippen molar-refractivity contribution in [3.05, 3.63) is 25.3 Å². The minimum Gasteiger partial charge on any atom is -0.394 e. The summed E-state index contributed by atoms with van der Waals surface area (Å²) >= 11 is 0. The fourth-order valence-corrected chi connectivity index (χ4v) is 0.492. The predicted molar refractivity (Wildman–Crippen MR) is 70.5 cm³/mol. The molecule has 0 bridgehead atoms. The second kappa shape index (κ2) is 29.9. The maximum Gasteiger partial charge on any atom is 0.105 e. The first kappa shape index (κ1) is 22.4. The Bertz CT molecular complexity index is 139. The lowest BCUT2D eigenvalue weighted by Crippen LogP contribution is -2.06. The Labute approximate surface area is 109 Å². The molecule has 110 valence electrons. The first-order valence-corrected chi connectivity index (χ1v) is 5.56. The molecule has 6 heteroatoms. The van der Waals surface area contributed by atoms with Gasteiger partial charge in [-0.25, -0.2) is 4.89 Å². The van der Waals surface area contributed by atoms with Crippen LogP contribution in [-0.4, -0.2) is 61.7 Å². The zero-order valence-corrected chi connectivity index (χ0v) is 11.1. The van der Waals surface area contributed by atoms with Crippen molar-refractivity contribution in [2.75, 3.05) is 46.2 Å². The molecule has 0 spiro atoms. The molecule has 0 aromatic carbocycles. The summed E-state index contributed by atoms with van der Waals surface area (Å²) < 4.78 is 9.92. The lowest BCUT2D eigenvalue weighted by atomic mass is 10.7. The van der Waals surface area contributed by atoms with Crippen molar-refractivity contribution in [2.45, 2.75) is 6.92 Å². The predicted octanol–water partition coefficient (Wildman–Crippen LogP) is 0.859. The minimum absolute atomic E-state index is 0. The molecular weight excluding hydrogens is 240 g/mol. The minimum atomic E-state index is -0.128. The number of aliphatic hydroxyl groups excluding tert-OH is 2. The van der Waals surface area contributed by atoms with E-state index in [0.717, 1.165) is 0 Å². The van der Waals surface area contributed by atoms with Gasteiger partial charge in [-0.1, -0.05) is 12.2 Å². The van der Waals surface area contributed by atoms with Crippen LogP contribution in [0.5, 0.6) is 0 Å². The van der Waals surface area contributed by atoms with E-state index in [9.17, 15) is 0 Å². The van der Waals surface area contributed by atoms with Gasteiger partial charge in [-0.15, -0.1) is 13.2 Å². The zero-order valence-electron chi connectivity index (χ0n) is 11.1. The van der Waals surface area contributed by atoms with Gasteiger partial charge in [0.25, 0.3) is 0 Å². The van der Waals surface area contributed by atoms with Gasteiger partial charge in [-0.2, -0.15) is 0 Å². The summed E-state index contributed by atoms with van der Waals surface area (Å²) in [7, 11) is 0. The van der Waals surface area contributed by atoms with E-state index in [4.69, 9.17) is 24.9 Å². The molecule has 0 saturated heterocycles. The zero-order chi connectivity index (χ0) is 14.5. The summed E-state index contributed by atoms with van der Waals surface area (Å²) in [5.74, 6) is 0. The maximum atomic E-state index is 8.29. The molecule has 0 aliphatic heterocycles. The Hall–Kier alpha value is -0.760. The molecule has 0 aromatic heterocycles. The average Bonchev–Trinajstić information content (AvgIpc) is 2.36. The standard InChI is InChI=1S/C7H14O3.C3H6.C2H6O3/c1-2-4-9-6-7-10-5-3-8;1-3-2;3-1-2-5-4/h2,8H,1,3-7H2;3H,1H2,2H3;3-4H,1-2H2. The van der Waals surface area contributed by atoms with Crippen LogP contribution in [0, 0.1) is 0 Å². The van der Waals surface area contributed by atoms with Crippen LogP contribution in [-0.2, 0) is 14.4 Å². The third-order valence-electron chi connectivity index (χ3n) is 1.03. The van der Waals surface area contributed by atoms with Crippen molar-refractivity contribution in [3.63, 3.8) is 0 Å². The van der Waals surface area contributed by atoms with Crippen LogP contribution >= 0.6 is 0 Å². The third-order valence-corrected chi connectivity index (χ3v) is 1.03. The van der Waals surface area contributed by atoms with Crippen LogP contribution in [0.4, 0.5) is 0 Å². The van der Waals surface area contributed by atoms with E-state index in [-0.39, 0.29) is 19.8 Å². The second-order valence-electron chi connectivity index (χ2n) is 2.66. The van der Waals surface area contributed by atoms with Crippen molar-refractivity contribution in [1.82, 2.24) is 0 Å². The van der Waals surface area contributed by atoms with Gasteiger partial charge < -0.3 is 19.7 Å². The highest BCUT2D eigenvalue weighted by Crippen LogP contribution is 1.77. The Morgan fingerprint density at radius 2 is 1.44 bits per heavy atom. The first-order chi connectivity index (χ1) is 8.74. The maximum absolute atomic E-state index is 8.29. The third kappa shape index (κ3) is 45.5. The topological polar surface area (TPSA) is 88.4 Å². The summed E-state index contributed by atoms with van der Waals surface area (Å²) in [5.41, 5.74) is 0. The molecule has 0 atom stereocenters. The highest BCUT2D eigenvalue weighted by Gasteiger charge is 1.85. The molecule has 3 N–H and O–H groups in total. The van der Waals surface area contributed by atoms with Crippen molar-refractivity contribution in [1.29, 1.82) is 0 Å². The molecule has 0 aliphatic carbocycles. The largest absolute Gasteiger partial charge is 0.394 e. The van der Waals surface area contributed by atoms with E-state index in [2.05, 4.69) is 18.0 Å². The van der Waals surface area contributed by atoms with Gasteiger partial charge in [-0.3, -0.25) is 5.26 Å². The number of allylic oxidation sites excluding steroid dienone is 1. The molecule has 0 amide bonds. The van der Waals surface area contributed by atoms with Gasteiger partial charge >= 0.3 is 0 Å². The lowest BCUT2D eigenvalue weighted by molar-refractivity contribution is -0.246. The van der Waals surface area contributed by atoms with Gasteiger partial charge in [0, 0.05) is 0 Å². The summed E-state index contributed by atoms with van der Waals surface area (Å²) in [6.45, 7) is 10.7. The molecule has 0 aromatic rings. The van der Waals surface area contributed by atoms with E-state index in [1.807, 2.05) is 6.92 Å². The van der Waals surface area contributed by atoms with Crippen LogP contribution in [0.25, 0.3) is 0 Å². The molecule has 18 heavy (non-hydrogen) atoms. The van der Waals surface area contributed by atoms with E-state index in [1.165, 1.54) is 0 Å². The molecule has 6 nitrogen and oxygen atoms in total. The highest BCUT2D eigenvalue weighted by molar-refractivity contribution is 4.63. The summed E-state index contributed by atoms with van der Waals surface area (Å²) in [4.78, 5) is 3.44. The van der Waals surface area contributed by atoms with Crippen LogP contribution < -0.4 is 0 Å². The number of aliphatic hydroxyl groups is 2. The number of rotatable bonds is 9. The molecule has 0 unspecified atom stereocenters. The Morgan fingerprint density at radius 1 is 0.944 bits per heavy atom. The van der Waals surface area contributed by atoms with E-state index in [1.54, 1.807) is 12.2 Å². The summed E-state index contributed by atoms with van der Waals surface area (Å²) in [5, 5.41) is 23.5. The van der Waals surface area contributed by atoms with Crippen LogP contribution in [0.15, 0.2) is 25.3 Å². The number of hydrogen-bond donors (Lipinski definition) is 3. The quantitative estimate of drug-likeness (QED) is 0.248. The normalized spacial score (nSPS) is 8.44. The molecular formula is C12H26O6. The Kier molecular flexibility index (Phi) is 37.2. The second-order valence-corrected chi connectivity index (χ2v) is 2.66. The molecule has 0 rings (SSSR count). The van der Waals surface area contributed by atoms with E-state index < -0.39 is 0 Å².